The van der Waals surface area contributed by atoms with Crippen LogP contribution in [0.25, 0.3) is 0 Å². The molecule has 0 aliphatic heterocycles. The van der Waals surface area contributed by atoms with Gasteiger partial charge in [0.05, 0.1) is 16.9 Å². The SMILES string of the molecule is Cc1ccc([N+](=O)[O-])c(C(=O)NCC(C)C#N)c1. The highest BCUT2D eigenvalue weighted by Crippen LogP contribution is 2.19. The number of nitrogens with one attached hydrogen (secondary N) is 1. The summed E-state index contributed by atoms with van der Waals surface area (Å²) in [5.41, 5.74) is 0.548. The summed E-state index contributed by atoms with van der Waals surface area (Å²) in [7, 11) is 0. The lowest BCUT2D eigenvalue weighted by molar-refractivity contribution is -0.385. The molecule has 6 heteroatoms. The maximum Gasteiger partial charge on any atom is 0.282 e. The molecule has 0 bridgehead atoms. The minimum absolute atomic E-state index is 0.0186. The van der Waals surface area contributed by atoms with Crippen molar-refractivity contribution in [1.29, 1.82) is 5.26 Å². The van der Waals surface area contributed by atoms with Gasteiger partial charge in [-0.3, -0.25) is 14.9 Å². The Morgan fingerprint density at radius 1 is 1.61 bits per heavy atom. The number of nitrogens with zero attached hydrogens (tertiary/aromatic N) is 2. The van der Waals surface area contributed by atoms with E-state index in [0.29, 0.717) is 0 Å². The van der Waals surface area contributed by atoms with Gasteiger partial charge >= 0.3 is 0 Å². The van der Waals surface area contributed by atoms with E-state index in [2.05, 4.69) is 5.32 Å². The van der Waals surface area contributed by atoms with Crippen LogP contribution in [0.2, 0.25) is 0 Å². The molecule has 1 N–H and O–H groups in total. The third kappa shape index (κ3) is 3.28. The molecule has 18 heavy (non-hydrogen) atoms. The Labute approximate surface area is 104 Å². The Morgan fingerprint density at radius 2 is 2.28 bits per heavy atom. The first-order chi connectivity index (χ1) is 8.45. The fourth-order valence-electron chi connectivity index (χ4n) is 1.38. The first-order valence-corrected chi connectivity index (χ1v) is 5.38. The van der Waals surface area contributed by atoms with Gasteiger partial charge in [0.2, 0.25) is 0 Å². The van der Waals surface area contributed by atoms with E-state index in [9.17, 15) is 14.9 Å². The zero-order chi connectivity index (χ0) is 13.7. The number of hydrogen-bond donors (Lipinski definition) is 1. The molecule has 0 aliphatic rings. The quantitative estimate of drug-likeness (QED) is 0.648. The van der Waals surface area contributed by atoms with E-state index in [4.69, 9.17) is 5.26 Å². The van der Waals surface area contributed by atoms with Gasteiger partial charge in [0.1, 0.15) is 5.56 Å². The van der Waals surface area contributed by atoms with Crippen molar-refractivity contribution >= 4 is 11.6 Å². The number of nitriles is 1. The van der Waals surface area contributed by atoms with Crippen LogP contribution in [0.15, 0.2) is 18.2 Å². The number of nitro benzene ring substituents is 1. The van der Waals surface area contributed by atoms with Crippen LogP contribution in [0.4, 0.5) is 5.69 Å². The highest BCUT2D eigenvalue weighted by atomic mass is 16.6. The first kappa shape index (κ1) is 13.6. The molecule has 1 amide bonds. The van der Waals surface area contributed by atoms with Gasteiger partial charge in [-0.25, -0.2) is 0 Å². The second kappa shape index (κ2) is 5.77. The van der Waals surface area contributed by atoms with Crippen LogP contribution < -0.4 is 5.32 Å². The first-order valence-electron chi connectivity index (χ1n) is 5.38. The van der Waals surface area contributed by atoms with Crippen LogP contribution in [0.3, 0.4) is 0 Å². The van der Waals surface area contributed by atoms with Crippen molar-refractivity contribution in [1.82, 2.24) is 5.32 Å². The van der Waals surface area contributed by atoms with E-state index in [1.807, 2.05) is 6.07 Å². The molecule has 0 radical (unpaired) electrons. The van der Waals surface area contributed by atoms with Crippen LogP contribution in [-0.2, 0) is 0 Å². The van der Waals surface area contributed by atoms with Gasteiger partial charge in [0.15, 0.2) is 0 Å². The van der Waals surface area contributed by atoms with E-state index in [1.165, 1.54) is 12.1 Å². The van der Waals surface area contributed by atoms with Crippen LogP contribution in [0.1, 0.15) is 22.8 Å². The van der Waals surface area contributed by atoms with Crippen LogP contribution in [0.5, 0.6) is 0 Å². The Morgan fingerprint density at radius 3 is 2.83 bits per heavy atom. The topological polar surface area (TPSA) is 96.0 Å². The zero-order valence-corrected chi connectivity index (χ0v) is 10.1. The third-order valence-corrected chi connectivity index (χ3v) is 2.38. The van der Waals surface area contributed by atoms with E-state index >= 15 is 0 Å². The molecule has 1 atom stereocenters. The number of amides is 1. The Bertz CT molecular complexity index is 520. The summed E-state index contributed by atoms with van der Waals surface area (Å²) in [4.78, 5) is 22.0. The number of carbonyl (C=O) groups is 1. The van der Waals surface area contributed by atoms with Crippen LogP contribution in [-0.4, -0.2) is 17.4 Å². The molecule has 6 nitrogen and oxygen atoms in total. The summed E-state index contributed by atoms with van der Waals surface area (Å²) in [6.07, 6.45) is 0. The molecule has 0 aliphatic carbocycles. The predicted molar refractivity (Wildman–Crippen MR) is 64.9 cm³/mol. The largest absolute Gasteiger partial charge is 0.351 e. The van der Waals surface area contributed by atoms with Gasteiger partial charge in [-0.15, -0.1) is 0 Å². The average molecular weight is 247 g/mol. The minimum Gasteiger partial charge on any atom is -0.351 e. The second-order valence-corrected chi connectivity index (χ2v) is 4.02. The number of aryl methyl sites for hydroxylation is 1. The summed E-state index contributed by atoms with van der Waals surface area (Å²) in [5, 5.41) is 21.9. The average Bonchev–Trinajstić information content (AvgIpc) is 2.34. The molecule has 0 aromatic heterocycles. The number of hydrogen-bond acceptors (Lipinski definition) is 4. The lowest BCUT2D eigenvalue weighted by Gasteiger charge is -2.07. The summed E-state index contributed by atoms with van der Waals surface area (Å²) in [6, 6.07) is 6.31. The summed E-state index contributed by atoms with van der Waals surface area (Å²) < 4.78 is 0. The smallest absolute Gasteiger partial charge is 0.282 e. The van der Waals surface area contributed by atoms with E-state index in [1.54, 1.807) is 19.9 Å². The van der Waals surface area contributed by atoms with Crippen molar-refractivity contribution in [3.63, 3.8) is 0 Å². The molecule has 1 unspecified atom stereocenters. The number of nitro groups is 1. The van der Waals surface area contributed by atoms with Crippen molar-refractivity contribution in [2.75, 3.05) is 6.54 Å². The summed E-state index contributed by atoms with van der Waals surface area (Å²) >= 11 is 0. The highest BCUT2D eigenvalue weighted by Gasteiger charge is 2.20. The maximum absolute atomic E-state index is 11.8. The van der Waals surface area contributed by atoms with E-state index < -0.39 is 10.8 Å². The predicted octanol–water partition coefficient (Wildman–Crippen LogP) is 1.79. The van der Waals surface area contributed by atoms with Crippen molar-refractivity contribution < 1.29 is 9.72 Å². The third-order valence-electron chi connectivity index (χ3n) is 2.38. The summed E-state index contributed by atoms with van der Waals surface area (Å²) in [5.74, 6) is -0.870. The highest BCUT2D eigenvalue weighted by molar-refractivity contribution is 5.98. The van der Waals surface area contributed by atoms with Crippen molar-refractivity contribution in [2.24, 2.45) is 5.92 Å². The zero-order valence-electron chi connectivity index (χ0n) is 10.1. The van der Waals surface area contributed by atoms with E-state index in [-0.39, 0.29) is 23.7 Å². The molecule has 1 rings (SSSR count). The summed E-state index contributed by atoms with van der Waals surface area (Å²) in [6.45, 7) is 3.57. The van der Waals surface area contributed by atoms with Gasteiger partial charge < -0.3 is 5.32 Å². The molecule has 1 aromatic rings. The van der Waals surface area contributed by atoms with Crippen molar-refractivity contribution in [3.8, 4) is 6.07 Å². The fourth-order valence-corrected chi connectivity index (χ4v) is 1.38. The molecule has 0 fully saturated rings. The minimum atomic E-state index is -0.595. The molecule has 0 spiro atoms. The molecular formula is C12H13N3O3. The maximum atomic E-state index is 11.8. The Balaban J connectivity index is 2.94. The molecule has 1 aromatic carbocycles. The molecule has 0 saturated carbocycles. The van der Waals surface area contributed by atoms with Gasteiger partial charge in [-0.05, 0) is 25.5 Å². The van der Waals surface area contributed by atoms with Gasteiger partial charge in [-0.1, -0.05) is 6.07 Å². The Kier molecular flexibility index (Phi) is 4.38. The number of rotatable bonds is 4. The van der Waals surface area contributed by atoms with Crippen LogP contribution >= 0.6 is 0 Å². The lowest BCUT2D eigenvalue weighted by atomic mass is 10.1. The molecule has 0 saturated heterocycles. The van der Waals surface area contributed by atoms with E-state index in [0.717, 1.165) is 5.56 Å². The fraction of sp³-hybridized carbons (Fsp3) is 0.333. The number of benzene rings is 1. The van der Waals surface area contributed by atoms with Crippen molar-refractivity contribution in [2.45, 2.75) is 13.8 Å². The molecular weight excluding hydrogens is 234 g/mol. The standard InChI is InChI=1S/C12H13N3O3/c1-8-3-4-11(15(17)18)10(5-8)12(16)14-7-9(2)6-13/h3-5,9H,7H2,1-2H3,(H,14,16). The van der Waals surface area contributed by atoms with Gasteiger partial charge in [-0.2, -0.15) is 5.26 Å². The van der Waals surface area contributed by atoms with Crippen LogP contribution in [0, 0.1) is 34.3 Å². The number of carbonyl (C=O) groups excluding carboxylic acids is 1. The lowest BCUT2D eigenvalue weighted by Crippen LogP contribution is -2.28. The Hall–Kier alpha value is -2.42. The molecule has 94 valence electrons. The second-order valence-electron chi connectivity index (χ2n) is 4.02. The normalized spacial score (nSPS) is 11.4. The molecule has 0 heterocycles. The van der Waals surface area contributed by atoms with Gasteiger partial charge in [0, 0.05) is 12.6 Å². The van der Waals surface area contributed by atoms with Crippen molar-refractivity contribution in [3.05, 3.63) is 39.4 Å². The van der Waals surface area contributed by atoms with Gasteiger partial charge in [0.25, 0.3) is 11.6 Å². The monoisotopic (exact) mass is 247 g/mol.